The van der Waals surface area contributed by atoms with Crippen LogP contribution in [0.4, 0.5) is 0 Å². The lowest BCUT2D eigenvalue weighted by Crippen LogP contribution is -2.85. The van der Waals surface area contributed by atoms with E-state index in [0.29, 0.717) is 24.8 Å². The van der Waals surface area contributed by atoms with Crippen LogP contribution in [0.5, 0.6) is 0 Å². The zero-order valence-corrected chi connectivity index (χ0v) is 22.8. The Morgan fingerprint density at radius 3 is 2.49 bits per heavy atom. The smallest absolute Gasteiger partial charge is 0.242 e. The first-order chi connectivity index (χ1) is 16.7. The normalized spacial score (nSPS) is 24.9. The van der Waals surface area contributed by atoms with Crippen LogP contribution in [0.2, 0.25) is 0 Å². The SMILES string of the molecule is CC(C)c1cccc(C[NH2+]C[C@@H](O)[C@@H]2C[C@H](C)CCCCCCCCC(=O)N(C)[C@@H](C)C(=O)N2)c1. The summed E-state index contributed by atoms with van der Waals surface area (Å²) in [6.45, 7) is 9.69. The Labute approximate surface area is 213 Å². The van der Waals surface area contributed by atoms with E-state index in [0.717, 1.165) is 32.2 Å². The summed E-state index contributed by atoms with van der Waals surface area (Å²) in [6.07, 6.45) is 8.40. The molecule has 2 amide bonds. The third-order valence-corrected chi connectivity index (χ3v) is 7.55. The van der Waals surface area contributed by atoms with Gasteiger partial charge in [-0.3, -0.25) is 9.59 Å². The van der Waals surface area contributed by atoms with Gasteiger partial charge < -0.3 is 20.6 Å². The number of amides is 2. The molecule has 0 aromatic heterocycles. The molecule has 1 saturated heterocycles. The van der Waals surface area contributed by atoms with Crippen LogP contribution >= 0.6 is 0 Å². The number of nitrogens with two attached hydrogens (primary N) is 1. The molecule has 0 spiro atoms. The first-order valence-corrected chi connectivity index (χ1v) is 13.8. The van der Waals surface area contributed by atoms with Gasteiger partial charge in [0.15, 0.2) is 0 Å². The van der Waals surface area contributed by atoms with Gasteiger partial charge in [-0.1, -0.05) is 77.5 Å². The van der Waals surface area contributed by atoms with Gasteiger partial charge in [0.05, 0.1) is 6.04 Å². The number of nitrogens with zero attached hydrogens (tertiary/aromatic N) is 1. The second kappa shape index (κ2) is 15.2. The number of hydrogen-bond acceptors (Lipinski definition) is 3. The molecule has 6 nitrogen and oxygen atoms in total. The van der Waals surface area contributed by atoms with Gasteiger partial charge in [-0.15, -0.1) is 0 Å². The van der Waals surface area contributed by atoms with Crippen molar-refractivity contribution < 1.29 is 20.0 Å². The molecule has 4 N–H and O–H groups in total. The van der Waals surface area contributed by atoms with E-state index < -0.39 is 12.1 Å². The summed E-state index contributed by atoms with van der Waals surface area (Å²) in [5.74, 6) is 0.735. The summed E-state index contributed by atoms with van der Waals surface area (Å²) >= 11 is 0. The van der Waals surface area contributed by atoms with Crippen LogP contribution in [-0.4, -0.2) is 53.6 Å². The van der Waals surface area contributed by atoms with Gasteiger partial charge in [0, 0.05) is 19.0 Å². The number of carbonyl (C=O) groups is 2. The lowest BCUT2D eigenvalue weighted by molar-refractivity contribution is -0.676. The highest BCUT2D eigenvalue weighted by atomic mass is 16.3. The maximum absolute atomic E-state index is 13.1. The molecule has 1 aliphatic rings. The third-order valence-electron chi connectivity index (χ3n) is 7.55. The third kappa shape index (κ3) is 10.3. The van der Waals surface area contributed by atoms with Crippen LogP contribution in [-0.2, 0) is 16.1 Å². The maximum Gasteiger partial charge on any atom is 0.242 e. The van der Waals surface area contributed by atoms with Crippen LogP contribution in [0.3, 0.4) is 0 Å². The Morgan fingerprint density at radius 1 is 1.09 bits per heavy atom. The van der Waals surface area contributed by atoms with Crippen molar-refractivity contribution >= 4 is 11.8 Å². The van der Waals surface area contributed by atoms with Crippen molar-refractivity contribution in [3.8, 4) is 0 Å². The van der Waals surface area contributed by atoms with E-state index >= 15 is 0 Å². The van der Waals surface area contributed by atoms with Crippen molar-refractivity contribution in [1.82, 2.24) is 10.2 Å². The van der Waals surface area contributed by atoms with Crippen LogP contribution in [0.25, 0.3) is 0 Å². The van der Waals surface area contributed by atoms with Gasteiger partial charge in [0.25, 0.3) is 0 Å². The van der Waals surface area contributed by atoms with Gasteiger partial charge in [-0.2, -0.15) is 0 Å². The van der Waals surface area contributed by atoms with Gasteiger partial charge in [-0.05, 0) is 43.2 Å². The minimum Gasteiger partial charge on any atom is -0.385 e. The first kappa shape index (κ1) is 29.3. The van der Waals surface area contributed by atoms with Crippen LogP contribution in [0, 0.1) is 5.92 Å². The maximum atomic E-state index is 13.1. The standard InChI is InChI=1S/C29H49N3O3/c1-21(2)25-15-12-14-24(18-25)19-30-20-27(33)26-17-22(3)13-10-8-6-7-9-11-16-28(34)32(5)23(4)29(35)31-26/h12,14-15,18,21-23,26-27,30,33H,6-11,13,16-17,19-20H2,1-5H3,(H,31,35)/p+1/t22-,23+,26+,27-/m1/s1. The molecule has 4 atom stereocenters. The Bertz CT molecular complexity index is 782. The monoisotopic (exact) mass is 488 g/mol. The molecule has 6 heteroatoms. The number of hydrogen-bond donors (Lipinski definition) is 3. The lowest BCUT2D eigenvalue weighted by atomic mass is 9.92. The quantitative estimate of drug-likeness (QED) is 0.570. The minimum atomic E-state index is -0.651. The molecule has 0 saturated carbocycles. The van der Waals surface area contributed by atoms with Crippen molar-refractivity contribution in [2.75, 3.05) is 13.6 Å². The molecule has 1 fully saturated rings. The number of quaternary nitrogens is 1. The predicted molar refractivity (Wildman–Crippen MR) is 142 cm³/mol. The molecule has 35 heavy (non-hydrogen) atoms. The molecule has 1 aliphatic heterocycles. The average molecular weight is 489 g/mol. The van der Waals surface area contributed by atoms with E-state index in [4.69, 9.17) is 0 Å². The number of carbonyl (C=O) groups excluding carboxylic acids is 2. The largest absolute Gasteiger partial charge is 0.385 e. The lowest BCUT2D eigenvalue weighted by Gasteiger charge is -2.30. The Kier molecular flexibility index (Phi) is 12.8. The molecule has 0 aliphatic carbocycles. The molecule has 0 radical (unpaired) electrons. The Balaban J connectivity index is 2.02. The number of aliphatic hydroxyl groups is 1. The van der Waals surface area contributed by atoms with Crippen molar-refractivity contribution in [3.05, 3.63) is 35.4 Å². The van der Waals surface area contributed by atoms with E-state index in [1.54, 1.807) is 18.9 Å². The summed E-state index contributed by atoms with van der Waals surface area (Å²) in [5, 5.41) is 16.3. The molecule has 2 rings (SSSR count). The number of rotatable bonds is 6. The summed E-state index contributed by atoms with van der Waals surface area (Å²) in [4.78, 5) is 27.2. The Hall–Kier alpha value is -1.92. The molecule has 0 unspecified atom stereocenters. The van der Waals surface area contributed by atoms with Gasteiger partial charge >= 0.3 is 0 Å². The molecular formula is C29H50N3O3+. The molecule has 198 valence electrons. The van der Waals surface area contributed by atoms with E-state index in [2.05, 4.69) is 55.7 Å². The van der Waals surface area contributed by atoms with Gasteiger partial charge in [0.2, 0.25) is 11.8 Å². The van der Waals surface area contributed by atoms with Gasteiger partial charge in [0.1, 0.15) is 25.2 Å². The van der Waals surface area contributed by atoms with Crippen LogP contribution in [0.15, 0.2) is 24.3 Å². The predicted octanol–water partition coefficient (Wildman–Crippen LogP) is 3.73. The second-order valence-corrected chi connectivity index (χ2v) is 11.0. The second-order valence-electron chi connectivity index (χ2n) is 11.0. The van der Waals surface area contributed by atoms with Gasteiger partial charge in [-0.25, -0.2) is 0 Å². The highest BCUT2D eigenvalue weighted by Crippen LogP contribution is 2.19. The highest BCUT2D eigenvalue weighted by molar-refractivity contribution is 5.87. The van der Waals surface area contributed by atoms with E-state index in [-0.39, 0.29) is 17.9 Å². The number of likely N-dealkylation sites (N-methyl/N-ethyl adjacent to an activating group) is 1. The van der Waals surface area contributed by atoms with Crippen LogP contribution in [0.1, 0.15) is 103 Å². The molecule has 0 bridgehead atoms. The molecular weight excluding hydrogens is 438 g/mol. The zero-order chi connectivity index (χ0) is 25.8. The summed E-state index contributed by atoms with van der Waals surface area (Å²) in [5.41, 5.74) is 2.57. The molecule has 1 aromatic carbocycles. The fourth-order valence-electron chi connectivity index (χ4n) is 4.88. The Morgan fingerprint density at radius 2 is 1.77 bits per heavy atom. The molecule has 1 aromatic rings. The van der Waals surface area contributed by atoms with E-state index in [1.165, 1.54) is 36.8 Å². The van der Waals surface area contributed by atoms with Crippen molar-refractivity contribution in [2.45, 2.75) is 116 Å². The average Bonchev–Trinajstić information content (AvgIpc) is 2.83. The highest BCUT2D eigenvalue weighted by Gasteiger charge is 2.29. The summed E-state index contributed by atoms with van der Waals surface area (Å²) in [7, 11) is 1.71. The molecule has 1 heterocycles. The number of benzene rings is 1. The first-order valence-electron chi connectivity index (χ1n) is 13.8. The zero-order valence-electron chi connectivity index (χ0n) is 22.8. The van der Waals surface area contributed by atoms with Crippen molar-refractivity contribution in [2.24, 2.45) is 5.92 Å². The van der Waals surface area contributed by atoms with Crippen molar-refractivity contribution in [1.29, 1.82) is 0 Å². The number of nitrogens with one attached hydrogen (secondary N) is 1. The van der Waals surface area contributed by atoms with E-state index in [1.807, 2.05) is 0 Å². The van der Waals surface area contributed by atoms with Crippen molar-refractivity contribution in [3.63, 3.8) is 0 Å². The fourth-order valence-corrected chi connectivity index (χ4v) is 4.88. The summed E-state index contributed by atoms with van der Waals surface area (Å²) < 4.78 is 0. The minimum absolute atomic E-state index is 0.0159. The summed E-state index contributed by atoms with van der Waals surface area (Å²) in [6, 6.07) is 7.73. The van der Waals surface area contributed by atoms with E-state index in [9.17, 15) is 14.7 Å². The van der Waals surface area contributed by atoms with Crippen LogP contribution < -0.4 is 10.6 Å². The number of aliphatic hydroxyl groups excluding tert-OH is 1. The topological polar surface area (TPSA) is 86.2 Å². The fraction of sp³-hybridized carbons (Fsp3) is 0.724.